The number of ketones is 1. The summed E-state index contributed by atoms with van der Waals surface area (Å²) in [5.41, 5.74) is 1.26. The maximum absolute atomic E-state index is 13.1. The molecule has 2 aliphatic rings. The van der Waals surface area contributed by atoms with Crippen molar-refractivity contribution in [1.29, 1.82) is 0 Å². The normalized spacial score (nSPS) is 25.6. The van der Waals surface area contributed by atoms with Gasteiger partial charge in [-0.25, -0.2) is 0 Å². The van der Waals surface area contributed by atoms with Crippen molar-refractivity contribution in [3.8, 4) is 0 Å². The van der Waals surface area contributed by atoms with E-state index in [-0.39, 0.29) is 18.2 Å². The first kappa shape index (κ1) is 20.2. The summed E-state index contributed by atoms with van der Waals surface area (Å²) in [6.45, 7) is 0. The molecule has 2 unspecified atom stereocenters. The third kappa shape index (κ3) is 4.75. The minimum Gasteiger partial charge on any atom is -0.453 e. The zero-order valence-corrected chi connectivity index (χ0v) is 17.5. The Morgan fingerprint density at radius 2 is 1.55 bits per heavy atom. The second-order valence-electron chi connectivity index (χ2n) is 8.31. The molecule has 1 aliphatic carbocycles. The molecule has 0 radical (unpaired) electrons. The first-order valence-electron chi connectivity index (χ1n) is 10.6. The van der Waals surface area contributed by atoms with Crippen molar-refractivity contribution in [3.63, 3.8) is 0 Å². The molecule has 0 spiro atoms. The summed E-state index contributed by atoms with van der Waals surface area (Å²) in [7, 11) is 0. The van der Waals surface area contributed by atoms with Gasteiger partial charge < -0.3 is 4.74 Å². The maximum atomic E-state index is 13.1. The Bertz CT molecular complexity index is 810. The number of esters is 1. The highest BCUT2D eigenvalue weighted by Crippen LogP contribution is 2.44. The number of hydrogen-bond donors (Lipinski definition) is 0. The predicted octanol–water partition coefficient (Wildman–Crippen LogP) is 5.67. The van der Waals surface area contributed by atoms with Crippen molar-refractivity contribution < 1.29 is 14.3 Å². The van der Waals surface area contributed by atoms with Crippen LogP contribution in [0.25, 0.3) is 0 Å². The van der Waals surface area contributed by atoms with Gasteiger partial charge >= 0.3 is 5.97 Å². The van der Waals surface area contributed by atoms with Gasteiger partial charge in [0.25, 0.3) is 0 Å². The van der Waals surface area contributed by atoms with Crippen molar-refractivity contribution in [2.75, 3.05) is 0 Å². The van der Waals surface area contributed by atoms with Gasteiger partial charge in [0.05, 0.1) is 6.42 Å². The number of carbonyl (C=O) groups excluding carboxylic acids is 2. The Morgan fingerprint density at radius 3 is 2.21 bits per heavy atom. The fourth-order valence-electron chi connectivity index (χ4n) is 4.69. The molecule has 1 aliphatic heterocycles. The van der Waals surface area contributed by atoms with E-state index in [0.29, 0.717) is 11.7 Å². The molecule has 0 bridgehead atoms. The number of Topliss-reactive ketones (excluding diaryl/α,β-unsaturated/α-hetero) is 1. The van der Waals surface area contributed by atoms with E-state index in [0.717, 1.165) is 30.4 Å². The summed E-state index contributed by atoms with van der Waals surface area (Å²) in [6.07, 6.45) is 7.10. The van der Waals surface area contributed by atoms with E-state index in [1.807, 2.05) is 60.7 Å². The molecule has 29 heavy (non-hydrogen) atoms. The van der Waals surface area contributed by atoms with Gasteiger partial charge in [-0.05, 0) is 23.5 Å². The summed E-state index contributed by atoms with van der Waals surface area (Å²) in [5.74, 6) is 0.773. The molecule has 2 fully saturated rings. The largest absolute Gasteiger partial charge is 0.453 e. The van der Waals surface area contributed by atoms with Gasteiger partial charge in [-0.3, -0.25) is 9.59 Å². The Kier molecular flexibility index (Phi) is 6.39. The van der Waals surface area contributed by atoms with Crippen LogP contribution in [0.4, 0.5) is 0 Å². The number of cyclic esters (lactones) is 1. The quantitative estimate of drug-likeness (QED) is 0.456. The first-order chi connectivity index (χ1) is 14.2. The molecular weight excluding hydrogens is 380 g/mol. The molecule has 1 saturated heterocycles. The van der Waals surface area contributed by atoms with Crippen molar-refractivity contribution in [2.45, 2.75) is 61.5 Å². The van der Waals surface area contributed by atoms with Crippen LogP contribution in [0.2, 0.25) is 0 Å². The highest BCUT2D eigenvalue weighted by atomic mass is 32.2. The van der Waals surface area contributed by atoms with Crippen LogP contribution in [0.5, 0.6) is 0 Å². The molecular formula is C25H28O3S. The molecule has 4 heteroatoms. The van der Waals surface area contributed by atoms with E-state index in [2.05, 4.69) is 0 Å². The number of carbonyl (C=O) groups is 2. The second-order valence-corrected chi connectivity index (χ2v) is 9.40. The smallest absolute Gasteiger partial charge is 0.327 e. The third-order valence-electron chi connectivity index (χ3n) is 6.16. The van der Waals surface area contributed by atoms with Gasteiger partial charge in [0.1, 0.15) is 5.60 Å². The standard InChI is InChI=1S/C25H28O3S/c26-22-17-25(21-14-8-3-9-15-21,16-19-10-4-1-5-11-19)28-24(27)23(22)29-18-20-12-6-2-7-13-20/h2-3,6-9,12-15,19,23H,1,4-5,10-11,16-18H2. The van der Waals surface area contributed by atoms with Crippen molar-refractivity contribution in [2.24, 2.45) is 5.92 Å². The number of thioether (sulfide) groups is 1. The monoisotopic (exact) mass is 408 g/mol. The fourth-order valence-corrected chi connectivity index (χ4v) is 5.70. The lowest BCUT2D eigenvalue weighted by molar-refractivity contribution is -0.173. The molecule has 0 N–H and O–H groups in total. The Morgan fingerprint density at radius 1 is 0.897 bits per heavy atom. The van der Waals surface area contributed by atoms with E-state index >= 15 is 0 Å². The molecule has 0 amide bonds. The number of ether oxygens (including phenoxy) is 1. The van der Waals surface area contributed by atoms with Crippen molar-refractivity contribution >= 4 is 23.5 Å². The van der Waals surface area contributed by atoms with Crippen LogP contribution < -0.4 is 0 Å². The zero-order chi connectivity index (χ0) is 20.1. The summed E-state index contributed by atoms with van der Waals surface area (Å²) in [5, 5.41) is -0.724. The highest BCUT2D eigenvalue weighted by Gasteiger charge is 2.49. The first-order valence-corrected chi connectivity index (χ1v) is 11.7. The van der Waals surface area contributed by atoms with E-state index in [4.69, 9.17) is 4.74 Å². The van der Waals surface area contributed by atoms with Gasteiger partial charge in [-0.15, -0.1) is 11.8 Å². The van der Waals surface area contributed by atoms with Gasteiger partial charge in [0.2, 0.25) is 0 Å². The van der Waals surface area contributed by atoms with Gasteiger partial charge in [0.15, 0.2) is 11.0 Å². The lowest BCUT2D eigenvalue weighted by Gasteiger charge is -2.41. The maximum Gasteiger partial charge on any atom is 0.327 e. The molecule has 1 saturated carbocycles. The third-order valence-corrected chi connectivity index (χ3v) is 7.45. The van der Waals surface area contributed by atoms with Crippen LogP contribution in [0.15, 0.2) is 60.7 Å². The Labute approximate surface area is 177 Å². The molecule has 152 valence electrons. The van der Waals surface area contributed by atoms with Crippen LogP contribution in [0.1, 0.15) is 56.1 Å². The fraction of sp³-hybridized carbons (Fsp3) is 0.440. The summed E-state index contributed by atoms with van der Waals surface area (Å²) < 4.78 is 6.15. The topological polar surface area (TPSA) is 43.4 Å². The molecule has 4 rings (SSSR count). The SMILES string of the molecule is O=C1CC(CC2CCCCC2)(c2ccccc2)OC(=O)C1SCc1ccccc1. The molecule has 3 nitrogen and oxygen atoms in total. The molecule has 0 aromatic heterocycles. The van der Waals surface area contributed by atoms with E-state index in [9.17, 15) is 9.59 Å². The minimum atomic E-state index is -0.804. The van der Waals surface area contributed by atoms with Crippen LogP contribution in [0.3, 0.4) is 0 Å². The van der Waals surface area contributed by atoms with E-state index < -0.39 is 10.9 Å². The van der Waals surface area contributed by atoms with Crippen LogP contribution in [-0.2, 0) is 25.7 Å². The van der Waals surface area contributed by atoms with Crippen molar-refractivity contribution in [1.82, 2.24) is 0 Å². The van der Waals surface area contributed by atoms with Gasteiger partial charge in [0, 0.05) is 5.75 Å². The zero-order valence-electron chi connectivity index (χ0n) is 16.7. The summed E-state index contributed by atoms with van der Waals surface area (Å²) in [6, 6.07) is 19.8. The molecule has 2 aromatic rings. The van der Waals surface area contributed by atoms with Crippen LogP contribution >= 0.6 is 11.8 Å². The second kappa shape index (κ2) is 9.17. The van der Waals surface area contributed by atoms with Crippen LogP contribution in [-0.4, -0.2) is 17.0 Å². The molecule has 1 heterocycles. The van der Waals surface area contributed by atoms with Gasteiger partial charge in [-0.2, -0.15) is 0 Å². The summed E-state index contributed by atoms with van der Waals surface area (Å²) >= 11 is 1.38. The predicted molar refractivity (Wildman–Crippen MR) is 117 cm³/mol. The average Bonchev–Trinajstić information content (AvgIpc) is 2.75. The van der Waals surface area contributed by atoms with Crippen molar-refractivity contribution in [3.05, 3.63) is 71.8 Å². The Balaban J connectivity index is 1.52. The van der Waals surface area contributed by atoms with E-state index in [1.165, 1.54) is 31.0 Å². The number of rotatable bonds is 6. The minimum absolute atomic E-state index is 0.00171. The Hall–Kier alpha value is -2.07. The highest BCUT2D eigenvalue weighted by molar-refractivity contribution is 8.00. The average molecular weight is 409 g/mol. The number of hydrogen-bond acceptors (Lipinski definition) is 4. The number of benzene rings is 2. The lowest BCUT2D eigenvalue weighted by Crippen LogP contribution is -2.48. The molecule has 2 atom stereocenters. The lowest BCUT2D eigenvalue weighted by atomic mass is 9.74. The van der Waals surface area contributed by atoms with Gasteiger partial charge in [-0.1, -0.05) is 92.8 Å². The van der Waals surface area contributed by atoms with E-state index in [1.54, 1.807) is 0 Å². The molecule has 2 aromatic carbocycles. The summed E-state index contributed by atoms with van der Waals surface area (Å²) in [4.78, 5) is 26.1. The van der Waals surface area contributed by atoms with Crippen LogP contribution in [0, 0.1) is 5.92 Å².